The van der Waals surface area contributed by atoms with E-state index in [9.17, 15) is 4.79 Å². The summed E-state index contributed by atoms with van der Waals surface area (Å²) in [6.07, 6.45) is 6.31. The fraction of sp³-hybridized carbons (Fsp3) is 0.800. The van der Waals surface area contributed by atoms with Crippen LogP contribution >= 0.6 is 0 Å². The van der Waals surface area contributed by atoms with Gasteiger partial charge in [0, 0.05) is 32.0 Å². The van der Waals surface area contributed by atoms with Crippen molar-refractivity contribution in [1.29, 1.82) is 0 Å². The van der Waals surface area contributed by atoms with Gasteiger partial charge in [0.1, 0.15) is 0 Å². The van der Waals surface area contributed by atoms with Gasteiger partial charge in [-0.1, -0.05) is 12.1 Å². The van der Waals surface area contributed by atoms with Crippen molar-refractivity contribution in [2.24, 2.45) is 5.92 Å². The lowest BCUT2D eigenvalue weighted by atomic mass is 10.0. The van der Waals surface area contributed by atoms with Crippen molar-refractivity contribution in [2.45, 2.75) is 51.4 Å². The van der Waals surface area contributed by atoms with Crippen LogP contribution < -0.4 is 5.32 Å². The quantitative estimate of drug-likeness (QED) is 0.873. The average Bonchev–Trinajstić information content (AvgIpc) is 3.05. The maximum atomic E-state index is 11.9. The number of carbonyl (C=O) groups excluding carboxylic acids is 1. The molecular formula is C15H24N4O2. The van der Waals surface area contributed by atoms with Crippen LogP contribution in [0.4, 0.5) is 4.79 Å². The van der Waals surface area contributed by atoms with E-state index in [0.29, 0.717) is 11.8 Å². The number of carbonyl (C=O) groups is 1. The Morgan fingerprint density at radius 2 is 2.29 bits per heavy atom. The second kappa shape index (κ2) is 6.45. The first kappa shape index (κ1) is 14.4. The van der Waals surface area contributed by atoms with Gasteiger partial charge in [-0.05, 0) is 38.0 Å². The molecule has 1 aromatic heterocycles. The van der Waals surface area contributed by atoms with Gasteiger partial charge in [-0.2, -0.15) is 4.98 Å². The highest BCUT2D eigenvalue weighted by Gasteiger charge is 2.30. The van der Waals surface area contributed by atoms with Crippen molar-refractivity contribution in [3.05, 3.63) is 11.7 Å². The van der Waals surface area contributed by atoms with Crippen LogP contribution in [0.15, 0.2) is 4.52 Å². The summed E-state index contributed by atoms with van der Waals surface area (Å²) in [5, 5.41) is 6.99. The molecule has 1 saturated carbocycles. The monoisotopic (exact) mass is 292 g/mol. The molecular weight excluding hydrogens is 268 g/mol. The highest BCUT2D eigenvalue weighted by Crippen LogP contribution is 2.38. The molecule has 2 fully saturated rings. The highest BCUT2D eigenvalue weighted by molar-refractivity contribution is 5.74. The van der Waals surface area contributed by atoms with Crippen LogP contribution in [-0.2, 0) is 6.42 Å². The third-order valence-corrected chi connectivity index (χ3v) is 4.29. The zero-order chi connectivity index (χ0) is 14.7. The number of likely N-dealkylation sites (tertiary alicyclic amines) is 1. The number of hydrogen-bond donors (Lipinski definition) is 1. The van der Waals surface area contributed by atoms with Crippen LogP contribution in [0.1, 0.15) is 56.7 Å². The summed E-state index contributed by atoms with van der Waals surface area (Å²) in [4.78, 5) is 18.3. The van der Waals surface area contributed by atoms with Gasteiger partial charge in [0.15, 0.2) is 5.82 Å². The number of rotatable bonds is 6. The normalized spacial score (nSPS) is 21.8. The summed E-state index contributed by atoms with van der Waals surface area (Å²) in [7, 11) is 0. The molecule has 0 spiro atoms. The Bertz CT molecular complexity index is 484. The molecule has 3 rings (SSSR count). The maximum absolute atomic E-state index is 11.9. The van der Waals surface area contributed by atoms with Gasteiger partial charge in [-0.25, -0.2) is 4.79 Å². The summed E-state index contributed by atoms with van der Waals surface area (Å²) in [6, 6.07) is 0.0786. The zero-order valence-corrected chi connectivity index (χ0v) is 12.7. The third kappa shape index (κ3) is 3.74. The van der Waals surface area contributed by atoms with E-state index in [1.165, 1.54) is 12.8 Å². The van der Waals surface area contributed by atoms with Crippen molar-refractivity contribution >= 4 is 6.03 Å². The largest absolute Gasteiger partial charge is 0.339 e. The minimum atomic E-state index is 0.0786. The predicted molar refractivity (Wildman–Crippen MR) is 78.0 cm³/mol. The molecule has 0 aromatic carbocycles. The van der Waals surface area contributed by atoms with Crippen LogP contribution in [0.2, 0.25) is 0 Å². The fourth-order valence-corrected chi connectivity index (χ4v) is 2.79. The Kier molecular flexibility index (Phi) is 4.41. The molecule has 6 heteroatoms. The Morgan fingerprint density at radius 3 is 3.05 bits per heavy atom. The minimum absolute atomic E-state index is 0.0786. The molecule has 1 aliphatic heterocycles. The van der Waals surface area contributed by atoms with E-state index in [1.54, 1.807) is 0 Å². The zero-order valence-electron chi connectivity index (χ0n) is 12.7. The first-order valence-electron chi connectivity index (χ1n) is 8.11. The van der Waals surface area contributed by atoms with Crippen molar-refractivity contribution in [3.8, 4) is 0 Å². The summed E-state index contributed by atoms with van der Waals surface area (Å²) >= 11 is 0. The third-order valence-electron chi connectivity index (χ3n) is 4.29. The molecule has 1 atom stereocenters. The summed E-state index contributed by atoms with van der Waals surface area (Å²) in [6.45, 7) is 4.53. The minimum Gasteiger partial charge on any atom is -0.339 e. The summed E-state index contributed by atoms with van der Waals surface area (Å²) < 4.78 is 5.27. The number of amides is 2. The topological polar surface area (TPSA) is 71.3 Å². The number of nitrogens with zero attached hydrogens (tertiary/aromatic N) is 3. The van der Waals surface area contributed by atoms with E-state index < -0.39 is 0 Å². The van der Waals surface area contributed by atoms with Crippen molar-refractivity contribution in [3.63, 3.8) is 0 Å². The molecule has 1 aromatic rings. The number of nitrogens with one attached hydrogen (secondary N) is 1. The standard InChI is InChI=1S/C15H24N4O2/c1-2-8-16-15(20)19-9-7-11(10-19)3-6-13-17-14(21-18-13)12-4-5-12/h11-12H,2-10H2,1H3,(H,16,20). The van der Waals surface area contributed by atoms with Crippen LogP contribution in [0.5, 0.6) is 0 Å². The molecule has 1 saturated heterocycles. The first-order valence-corrected chi connectivity index (χ1v) is 8.11. The van der Waals surface area contributed by atoms with Gasteiger partial charge in [-0.3, -0.25) is 0 Å². The van der Waals surface area contributed by atoms with Crippen LogP contribution in [0.3, 0.4) is 0 Å². The SMILES string of the molecule is CCCNC(=O)N1CCC(CCc2noc(C3CC3)n2)C1. The Balaban J connectivity index is 1.40. The van der Waals surface area contributed by atoms with Gasteiger partial charge in [0.05, 0.1) is 0 Å². The lowest BCUT2D eigenvalue weighted by Gasteiger charge is -2.16. The Labute approximate surface area is 125 Å². The van der Waals surface area contributed by atoms with E-state index in [4.69, 9.17) is 4.52 Å². The number of aryl methyl sites for hydroxylation is 1. The van der Waals surface area contributed by atoms with E-state index >= 15 is 0 Å². The molecule has 2 aliphatic rings. The molecule has 1 N–H and O–H groups in total. The van der Waals surface area contributed by atoms with Gasteiger partial charge in [0.2, 0.25) is 5.89 Å². The van der Waals surface area contributed by atoms with Crippen molar-refractivity contribution in [2.75, 3.05) is 19.6 Å². The summed E-state index contributed by atoms with van der Waals surface area (Å²) in [5.74, 6) is 2.72. The van der Waals surface area contributed by atoms with Crippen LogP contribution in [0, 0.1) is 5.92 Å². The molecule has 2 heterocycles. The van der Waals surface area contributed by atoms with E-state index in [2.05, 4.69) is 22.4 Å². The molecule has 1 aliphatic carbocycles. The Hall–Kier alpha value is -1.59. The lowest BCUT2D eigenvalue weighted by Crippen LogP contribution is -2.38. The number of urea groups is 1. The number of hydrogen-bond acceptors (Lipinski definition) is 4. The maximum Gasteiger partial charge on any atom is 0.317 e. The molecule has 0 bridgehead atoms. The van der Waals surface area contributed by atoms with Crippen molar-refractivity contribution < 1.29 is 9.32 Å². The first-order chi connectivity index (χ1) is 10.3. The van der Waals surface area contributed by atoms with Gasteiger partial charge >= 0.3 is 6.03 Å². The molecule has 1 unspecified atom stereocenters. The lowest BCUT2D eigenvalue weighted by molar-refractivity contribution is 0.207. The van der Waals surface area contributed by atoms with Crippen molar-refractivity contribution in [1.82, 2.24) is 20.4 Å². The van der Waals surface area contributed by atoms with Gasteiger partial charge in [-0.15, -0.1) is 0 Å². The average molecular weight is 292 g/mol. The van der Waals surface area contributed by atoms with Crippen LogP contribution in [0.25, 0.3) is 0 Å². The molecule has 21 heavy (non-hydrogen) atoms. The second-order valence-corrected chi connectivity index (χ2v) is 6.19. The summed E-state index contributed by atoms with van der Waals surface area (Å²) in [5.41, 5.74) is 0. The highest BCUT2D eigenvalue weighted by atomic mass is 16.5. The smallest absolute Gasteiger partial charge is 0.317 e. The number of aromatic nitrogens is 2. The molecule has 6 nitrogen and oxygen atoms in total. The van der Waals surface area contributed by atoms with E-state index in [1.807, 2.05) is 4.90 Å². The fourth-order valence-electron chi connectivity index (χ4n) is 2.79. The van der Waals surface area contributed by atoms with E-state index in [-0.39, 0.29) is 6.03 Å². The van der Waals surface area contributed by atoms with Crippen LogP contribution in [-0.4, -0.2) is 40.7 Å². The predicted octanol–water partition coefficient (Wildman–Crippen LogP) is 2.32. The Morgan fingerprint density at radius 1 is 1.43 bits per heavy atom. The van der Waals surface area contributed by atoms with Gasteiger partial charge in [0.25, 0.3) is 0 Å². The second-order valence-electron chi connectivity index (χ2n) is 6.19. The van der Waals surface area contributed by atoms with E-state index in [0.717, 1.165) is 57.0 Å². The molecule has 116 valence electrons. The molecule has 2 amide bonds. The van der Waals surface area contributed by atoms with Gasteiger partial charge < -0.3 is 14.7 Å². The molecule has 0 radical (unpaired) electrons.